The molecule has 1 amide bonds. The van der Waals surface area contributed by atoms with E-state index in [1.807, 2.05) is 0 Å². The third-order valence-electron chi connectivity index (χ3n) is 4.28. The van der Waals surface area contributed by atoms with Crippen molar-refractivity contribution in [3.8, 4) is 0 Å². The highest BCUT2D eigenvalue weighted by Crippen LogP contribution is 2.27. The van der Waals surface area contributed by atoms with E-state index in [-0.39, 0.29) is 23.7 Å². The molecule has 1 N–H and O–H groups in total. The molecule has 0 saturated carbocycles. The van der Waals surface area contributed by atoms with E-state index < -0.39 is 23.4 Å². The van der Waals surface area contributed by atoms with Crippen LogP contribution in [0.4, 0.5) is 11.4 Å². The minimum atomic E-state index is -0.806. The van der Waals surface area contributed by atoms with Crippen LogP contribution in [0.3, 0.4) is 0 Å². The lowest BCUT2D eigenvalue weighted by Gasteiger charge is -2.09. The van der Waals surface area contributed by atoms with Crippen LogP contribution >= 0.6 is 0 Å². The van der Waals surface area contributed by atoms with Crippen LogP contribution in [-0.2, 0) is 20.9 Å². The normalized spacial score (nSPS) is 10.7. The molecule has 0 aliphatic rings. The number of carbonyl (C=O) groups excluding carboxylic acids is 2. The summed E-state index contributed by atoms with van der Waals surface area (Å²) < 4.78 is 15.8. The van der Waals surface area contributed by atoms with Gasteiger partial charge in [0.05, 0.1) is 22.8 Å². The number of anilines is 1. The maximum absolute atomic E-state index is 12.4. The quantitative estimate of drug-likeness (QED) is 0.367. The number of para-hydroxylation sites is 1. The summed E-state index contributed by atoms with van der Waals surface area (Å²) in [5.41, 5.74) is 1.48. The minimum absolute atomic E-state index is 0.0348. The van der Waals surface area contributed by atoms with Gasteiger partial charge in [0.15, 0.2) is 6.61 Å². The lowest BCUT2D eigenvalue weighted by atomic mass is 10.1. The molecule has 3 aromatic rings. The maximum Gasteiger partial charge on any atom is 0.375 e. The summed E-state index contributed by atoms with van der Waals surface area (Å²) in [5.74, 6) is -1.47. The van der Waals surface area contributed by atoms with Crippen LogP contribution in [-0.4, -0.2) is 30.5 Å². The number of nitrogens with one attached hydrogen (secondary N) is 1. The molecular formula is C20H18N2O7. The Hall–Kier alpha value is -3.72. The number of hydrogen-bond donors (Lipinski definition) is 1. The Morgan fingerprint density at radius 3 is 2.66 bits per heavy atom. The van der Waals surface area contributed by atoms with Crippen LogP contribution in [0.25, 0.3) is 11.0 Å². The van der Waals surface area contributed by atoms with E-state index in [1.165, 1.54) is 32.2 Å². The van der Waals surface area contributed by atoms with Crippen molar-refractivity contribution in [2.45, 2.75) is 13.5 Å². The largest absolute Gasteiger partial charge is 0.450 e. The first kappa shape index (κ1) is 20.0. The van der Waals surface area contributed by atoms with Gasteiger partial charge in [-0.2, -0.15) is 0 Å². The zero-order valence-corrected chi connectivity index (χ0v) is 15.8. The number of hydrogen-bond acceptors (Lipinski definition) is 7. The smallest absolute Gasteiger partial charge is 0.375 e. The van der Waals surface area contributed by atoms with Gasteiger partial charge in [0.2, 0.25) is 5.76 Å². The van der Waals surface area contributed by atoms with Crippen LogP contribution in [0.1, 0.15) is 21.7 Å². The molecule has 1 heterocycles. The zero-order valence-electron chi connectivity index (χ0n) is 15.8. The number of ether oxygens (including phenoxy) is 2. The number of carbonyl (C=O) groups is 2. The van der Waals surface area contributed by atoms with Gasteiger partial charge in [0.25, 0.3) is 11.6 Å². The summed E-state index contributed by atoms with van der Waals surface area (Å²) >= 11 is 0. The molecule has 0 aliphatic heterocycles. The van der Waals surface area contributed by atoms with E-state index in [9.17, 15) is 19.7 Å². The second kappa shape index (κ2) is 8.53. The van der Waals surface area contributed by atoms with Gasteiger partial charge in [-0.05, 0) is 19.1 Å². The number of nitrogens with zero attached hydrogens (tertiary/aromatic N) is 1. The summed E-state index contributed by atoms with van der Waals surface area (Å²) in [5, 5.41) is 14.2. The highest BCUT2D eigenvalue weighted by Gasteiger charge is 2.23. The Morgan fingerprint density at radius 2 is 1.93 bits per heavy atom. The lowest BCUT2D eigenvalue weighted by molar-refractivity contribution is -0.385. The predicted molar refractivity (Wildman–Crippen MR) is 104 cm³/mol. The van der Waals surface area contributed by atoms with Crippen molar-refractivity contribution >= 4 is 34.2 Å². The number of furan rings is 1. The second-order valence-corrected chi connectivity index (χ2v) is 6.17. The van der Waals surface area contributed by atoms with Crippen LogP contribution in [0, 0.1) is 17.0 Å². The van der Waals surface area contributed by atoms with Crippen molar-refractivity contribution in [2.24, 2.45) is 0 Å². The molecule has 0 aliphatic carbocycles. The number of esters is 1. The van der Waals surface area contributed by atoms with Crippen molar-refractivity contribution in [2.75, 3.05) is 19.0 Å². The van der Waals surface area contributed by atoms with Gasteiger partial charge in [-0.25, -0.2) is 4.79 Å². The van der Waals surface area contributed by atoms with E-state index in [2.05, 4.69) is 5.32 Å². The number of amides is 1. The molecule has 0 unspecified atom stereocenters. The number of methoxy groups -OCH3 is 1. The topological polar surface area (TPSA) is 121 Å². The van der Waals surface area contributed by atoms with E-state index in [0.717, 1.165) is 5.39 Å². The monoisotopic (exact) mass is 398 g/mol. The van der Waals surface area contributed by atoms with Gasteiger partial charge in [-0.3, -0.25) is 14.9 Å². The first-order valence-corrected chi connectivity index (χ1v) is 8.62. The highest BCUT2D eigenvalue weighted by atomic mass is 16.6. The van der Waals surface area contributed by atoms with Crippen molar-refractivity contribution in [1.29, 1.82) is 0 Å². The van der Waals surface area contributed by atoms with Crippen LogP contribution in [0.15, 0.2) is 46.9 Å². The van der Waals surface area contributed by atoms with Crippen molar-refractivity contribution in [3.05, 3.63) is 69.5 Å². The number of rotatable bonds is 7. The summed E-state index contributed by atoms with van der Waals surface area (Å²) in [6.07, 6.45) is 0. The fourth-order valence-corrected chi connectivity index (χ4v) is 2.89. The van der Waals surface area contributed by atoms with Gasteiger partial charge < -0.3 is 19.2 Å². The summed E-state index contributed by atoms with van der Waals surface area (Å²) in [6.45, 7) is 1.08. The first-order valence-electron chi connectivity index (χ1n) is 8.62. The third-order valence-corrected chi connectivity index (χ3v) is 4.28. The molecule has 0 fully saturated rings. The van der Waals surface area contributed by atoms with Gasteiger partial charge in [-0.15, -0.1) is 0 Å². The number of fused-ring (bicyclic) bond motifs is 1. The average Bonchev–Trinajstić information content (AvgIpc) is 3.06. The van der Waals surface area contributed by atoms with Gasteiger partial charge in [-0.1, -0.05) is 24.3 Å². The Kier molecular flexibility index (Phi) is 5.89. The van der Waals surface area contributed by atoms with Crippen molar-refractivity contribution < 1.29 is 28.4 Å². The van der Waals surface area contributed by atoms with Crippen LogP contribution in [0.2, 0.25) is 0 Å². The Bertz CT molecular complexity index is 1090. The molecule has 29 heavy (non-hydrogen) atoms. The van der Waals surface area contributed by atoms with Crippen LogP contribution < -0.4 is 5.32 Å². The van der Waals surface area contributed by atoms with E-state index in [4.69, 9.17) is 13.9 Å². The molecule has 0 radical (unpaired) electrons. The first-order chi connectivity index (χ1) is 13.9. The second-order valence-electron chi connectivity index (χ2n) is 6.17. The van der Waals surface area contributed by atoms with Gasteiger partial charge in [0.1, 0.15) is 5.58 Å². The molecular weight excluding hydrogens is 380 g/mol. The standard InChI is InChI=1S/C20H18N2O7/c1-12-15(7-5-8-16(12)22(25)26)21-18(23)11-28-20(24)19-14(10-27-2)13-6-3-4-9-17(13)29-19/h3-9H,10-11H2,1-2H3,(H,21,23). The molecule has 9 heteroatoms. The summed E-state index contributed by atoms with van der Waals surface area (Å²) in [6, 6.07) is 11.4. The molecule has 0 atom stereocenters. The predicted octanol–water partition coefficient (Wildman–Crippen LogP) is 3.59. The van der Waals surface area contributed by atoms with Gasteiger partial charge >= 0.3 is 5.97 Å². The molecule has 3 rings (SSSR count). The van der Waals surface area contributed by atoms with Gasteiger partial charge in [0, 0.05) is 24.1 Å². The number of benzene rings is 2. The Morgan fingerprint density at radius 1 is 1.17 bits per heavy atom. The van der Waals surface area contributed by atoms with Crippen LogP contribution in [0.5, 0.6) is 0 Å². The molecule has 0 saturated heterocycles. The summed E-state index contributed by atoms with van der Waals surface area (Å²) in [7, 11) is 1.49. The average molecular weight is 398 g/mol. The third kappa shape index (κ3) is 4.25. The Balaban J connectivity index is 1.71. The maximum atomic E-state index is 12.4. The fourth-order valence-electron chi connectivity index (χ4n) is 2.89. The minimum Gasteiger partial charge on any atom is -0.450 e. The number of nitro benzene ring substituents is 1. The lowest BCUT2D eigenvalue weighted by Crippen LogP contribution is -2.21. The number of nitro groups is 1. The molecule has 1 aromatic heterocycles. The van der Waals surface area contributed by atoms with E-state index in [1.54, 1.807) is 24.3 Å². The Labute approximate surface area is 165 Å². The fraction of sp³-hybridized carbons (Fsp3) is 0.200. The SMILES string of the molecule is COCc1c(C(=O)OCC(=O)Nc2cccc([N+](=O)[O-])c2C)oc2ccccc12. The highest BCUT2D eigenvalue weighted by molar-refractivity contribution is 5.98. The molecule has 0 bridgehead atoms. The van der Waals surface area contributed by atoms with E-state index >= 15 is 0 Å². The molecule has 0 spiro atoms. The molecule has 150 valence electrons. The zero-order chi connectivity index (χ0) is 21.0. The van der Waals surface area contributed by atoms with E-state index in [0.29, 0.717) is 16.7 Å². The molecule has 9 nitrogen and oxygen atoms in total. The molecule has 2 aromatic carbocycles. The van der Waals surface area contributed by atoms with Crippen molar-refractivity contribution in [3.63, 3.8) is 0 Å². The summed E-state index contributed by atoms with van der Waals surface area (Å²) in [4.78, 5) is 35.0. The van der Waals surface area contributed by atoms with Crippen molar-refractivity contribution in [1.82, 2.24) is 0 Å².